The van der Waals surface area contributed by atoms with Crippen LogP contribution in [0.4, 0.5) is 0 Å². The molecule has 1 aromatic heterocycles. The molecular weight excluding hydrogens is 254 g/mol. The number of benzene rings is 1. The molecule has 2 rings (SSSR count). The summed E-state index contributed by atoms with van der Waals surface area (Å²) in [5.74, 6) is 0. The fourth-order valence-electron chi connectivity index (χ4n) is 1.97. The molecule has 0 saturated heterocycles. The molecule has 102 valence electrons. The van der Waals surface area contributed by atoms with Crippen molar-refractivity contribution in [2.24, 2.45) is 12.8 Å². The standard InChI is InChI=1S/C15H21N3S/c1-4-13(16)8-12-7-11(2)5-6-15(12)19-14-9-17-18(3)10-14/h5-7,9-10,13H,4,8,16H2,1-3H3. The van der Waals surface area contributed by atoms with E-state index in [9.17, 15) is 0 Å². The number of rotatable bonds is 5. The Bertz CT molecular complexity index is 548. The summed E-state index contributed by atoms with van der Waals surface area (Å²) < 4.78 is 1.83. The Kier molecular flexibility index (Phi) is 4.66. The van der Waals surface area contributed by atoms with Gasteiger partial charge in [-0.3, -0.25) is 4.68 Å². The maximum absolute atomic E-state index is 6.10. The summed E-state index contributed by atoms with van der Waals surface area (Å²) >= 11 is 1.76. The zero-order chi connectivity index (χ0) is 13.8. The summed E-state index contributed by atoms with van der Waals surface area (Å²) in [7, 11) is 1.94. The summed E-state index contributed by atoms with van der Waals surface area (Å²) in [6.45, 7) is 4.26. The summed E-state index contributed by atoms with van der Waals surface area (Å²) in [5.41, 5.74) is 8.72. The van der Waals surface area contributed by atoms with Gasteiger partial charge < -0.3 is 5.73 Å². The molecule has 0 spiro atoms. The molecule has 0 fully saturated rings. The van der Waals surface area contributed by atoms with E-state index in [1.165, 1.54) is 16.0 Å². The first-order valence-corrected chi connectivity index (χ1v) is 7.41. The van der Waals surface area contributed by atoms with E-state index in [1.54, 1.807) is 11.8 Å². The third-order valence-electron chi connectivity index (χ3n) is 3.13. The zero-order valence-electron chi connectivity index (χ0n) is 11.8. The molecule has 19 heavy (non-hydrogen) atoms. The van der Waals surface area contributed by atoms with Crippen LogP contribution in [0.2, 0.25) is 0 Å². The quantitative estimate of drug-likeness (QED) is 0.911. The van der Waals surface area contributed by atoms with Gasteiger partial charge in [-0.2, -0.15) is 5.10 Å². The lowest BCUT2D eigenvalue weighted by atomic mass is 10.0. The van der Waals surface area contributed by atoms with Crippen LogP contribution in [0.15, 0.2) is 40.4 Å². The van der Waals surface area contributed by atoms with E-state index in [4.69, 9.17) is 5.73 Å². The minimum atomic E-state index is 0.232. The summed E-state index contributed by atoms with van der Waals surface area (Å²) in [6, 6.07) is 6.81. The second-order valence-corrected chi connectivity index (χ2v) is 6.05. The highest BCUT2D eigenvalue weighted by Crippen LogP contribution is 2.31. The maximum atomic E-state index is 6.10. The van der Waals surface area contributed by atoms with Crippen molar-refractivity contribution >= 4 is 11.8 Å². The first kappa shape index (κ1) is 14.2. The van der Waals surface area contributed by atoms with Gasteiger partial charge in [0.2, 0.25) is 0 Å². The largest absolute Gasteiger partial charge is 0.327 e. The first-order chi connectivity index (χ1) is 9.08. The van der Waals surface area contributed by atoms with E-state index in [0.717, 1.165) is 17.7 Å². The molecule has 0 amide bonds. The van der Waals surface area contributed by atoms with Crippen LogP contribution in [0.5, 0.6) is 0 Å². The fraction of sp³-hybridized carbons (Fsp3) is 0.400. The highest BCUT2D eigenvalue weighted by Gasteiger charge is 2.09. The lowest BCUT2D eigenvalue weighted by Crippen LogP contribution is -2.21. The monoisotopic (exact) mass is 275 g/mol. The molecule has 0 aliphatic heterocycles. The van der Waals surface area contributed by atoms with Gasteiger partial charge in [-0.25, -0.2) is 0 Å². The SMILES string of the molecule is CCC(N)Cc1cc(C)ccc1Sc1cnn(C)c1. The average molecular weight is 275 g/mol. The van der Waals surface area contributed by atoms with Crippen LogP contribution >= 0.6 is 11.8 Å². The highest BCUT2D eigenvalue weighted by molar-refractivity contribution is 7.99. The van der Waals surface area contributed by atoms with Crippen LogP contribution in [0.1, 0.15) is 24.5 Å². The lowest BCUT2D eigenvalue weighted by Gasteiger charge is -2.13. The number of aromatic nitrogens is 2. The van der Waals surface area contributed by atoms with Gasteiger partial charge in [0.25, 0.3) is 0 Å². The van der Waals surface area contributed by atoms with Gasteiger partial charge in [0.05, 0.1) is 11.1 Å². The fourth-order valence-corrected chi connectivity index (χ4v) is 2.94. The van der Waals surface area contributed by atoms with E-state index in [2.05, 4.69) is 37.1 Å². The van der Waals surface area contributed by atoms with Crippen LogP contribution in [0, 0.1) is 6.92 Å². The van der Waals surface area contributed by atoms with Crippen molar-refractivity contribution in [1.82, 2.24) is 9.78 Å². The van der Waals surface area contributed by atoms with Gasteiger partial charge in [-0.05, 0) is 31.4 Å². The Labute approximate surface area is 119 Å². The number of nitrogens with zero attached hydrogens (tertiary/aromatic N) is 2. The number of aryl methyl sites for hydroxylation is 2. The van der Waals surface area contributed by atoms with Gasteiger partial charge in [0.15, 0.2) is 0 Å². The van der Waals surface area contributed by atoms with Crippen LogP contribution in [-0.4, -0.2) is 15.8 Å². The van der Waals surface area contributed by atoms with Crippen LogP contribution in [0.25, 0.3) is 0 Å². The molecule has 0 radical (unpaired) electrons. The molecule has 2 N–H and O–H groups in total. The first-order valence-electron chi connectivity index (χ1n) is 6.60. The van der Waals surface area contributed by atoms with Crippen molar-refractivity contribution in [3.8, 4) is 0 Å². The van der Waals surface area contributed by atoms with E-state index >= 15 is 0 Å². The topological polar surface area (TPSA) is 43.8 Å². The third-order valence-corrected chi connectivity index (χ3v) is 4.20. The molecule has 1 heterocycles. The molecule has 0 aliphatic carbocycles. The number of hydrogen-bond donors (Lipinski definition) is 1. The Morgan fingerprint density at radius 3 is 2.84 bits per heavy atom. The molecule has 2 aromatic rings. The predicted octanol–water partition coefficient (Wildman–Crippen LogP) is 3.16. The Morgan fingerprint density at radius 2 is 2.21 bits per heavy atom. The molecular formula is C15H21N3S. The molecule has 3 nitrogen and oxygen atoms in total. The average Bonchev–Trinajstić information content (AvgIpc) is 2.78. The normalized spacial score (nSPS) is 12.6. The Balaban J connectivity index is 2.23. The minimum Gasteiger partial charge on any atom is -0.327 e. The highest BCUT2D eigenvalue weighted by atomic mass is 32.2. The van der Waals surface area contributed by atoms with Gasteiger partial charge >= 0.3 is 0 Å². The van der Waals surface area contributed by atoms with Gasteiger partial charge in [0.1, 0.15) is 0 Å². The molecule has 0 aliphatic rings. The van der Waals surface area contributed by atoms with Crippen molar-refractivity contribution in [3.63, 3.8) is 0 Å². The van der Waals surface area contributed by atoms with Crippen molar-refractivity contribution in [3.05, 3.63) is 41.7 Å². The van der Waals surface area contributed by atoms with E-state index in [1.807, 2.05) is 24.1 Å². The third kappa shape index (κ3) is 3.85. The van der Waals surface area contributed by atoms with Crippen molar-refractivity contribution in [2.75, 3.05) is 0 Å². The van der Waals surface area contributed by atoms with E-state index < -0.39 is 0 Å². The predicted molar refractivity (Wildman–Crippen MR) is 80.5 cm³/mol. The lowest BCUT2D eigenvalue weighted by molar-refractivity contribution is 0.641. The summed E-state index contributed by atoms with van der Waals surface area (Å²) in [5, 5.41) is 4.21. The van der Waals surface area contributed by atoms with Crippen LogP contribution < -0.4 is 5.73 Å². The van der Waals surface area contributed by atoms with Crippen LogP contribution in [-0.2, 0) is 13.5 Å². The molecule has 0 saturated carbocycles. The van der Waals surface area contributed by atoms with Crippen molar-refractivity contribution in [2.45, 2.75) is 42.5 Å². The van der Waals surface area contributed by atoms with E-state index in [-0.39, 0.29) is 6.04 Å². The van der Waals surface area contributed by atoms with Gasteiger partial charge in [-0.1, -0.05) is 36.4 Å². The van der Waals surface area contributed by atoms with Crippen molar-refractivity contribution < 1.29 is 0 Å². The van der Waals surface area contributed by atoms with Gasteiger partial charge in [-0.15, -0.1) is 0 Å². The maximum Gasteiger partial charge on any atom is 0.0629 e. The second kappa shape index (κ2) is 6.26. The van der Waals surface area contributed by atoms with Crippen molar-refractivity contribution in [1.29, 1.82) is 0 Å². The molecule has 1 aromatic carbocycles. The van der Waals surface area contributed by atoms with E-state index in [0.29, 0.717) is 0 Å². The summed E-state index contributed by atoms with van der Waals surface area (Å²) in [4.78, 5) is 2.44. The Morgan fingerprint density at radius 1 is 1.42 bits per heavy atom. The second-order valence-electron chi connectivity index (χ2n) is 4.94. The van der Waals surface area contributed by atoms with Gasteiger partial charge in [0, 0.05) is 24.2 Å². The number of hydrogen-bond acceptors (Lipinski definition) is 3. The smallest absolute Gasteiger partial charge is 0.0629 e. The Hall–Kier alpha value is -1.26. The zero-order valence-corrected chi connectivity index (χ0v) is 12.6. The molecule has 0 bridgehead atoms. The molecule has 1 atom stereocenters. The summed E-state index contributed by atoms with van der Waals surface area (Å²) in [6.07, 6.45) is 5.87. The number of nitrogens with two attached hydrogens (primary N) is 1. The molecule has 1 unspecified atom stereocenters. The van der Waals surface area contributed by atoms with Crippen LogP contribution in [0.3, 0.4) is 0 Å². The molecule has 4 heteroatoms. The minimum absolute atomic E-state index is 0.232.